The molecule has 2 N–H and O–H groups in total. The van der Waals surface area contributed by atoms with Crippen molar-refractivity contribution in [2.75, 3.05) is 44.2 Å². The summed E-state index contributed by atoms with van der Waals surface area (Å²) in [5.41, 5.74) is 1.58. The molecule has 38 heavy (non-hydrogen) atoms. The van der Waals surface area contributed by atoms with E-state index < -0.39 is 22.0 Å². The summed E-state index contributed by atoms with van der Waals surface area (Å²) in [5, 5.41) is 6.38. The van der Waals surface area contributed by atoms with E-state index in [2.05, 4.69) is 25.1 Å². The molecular formula is C25H36N6O6S. The van der Waals surface area contributed by atoms with E-state index in [4.69, 9.17) is 9.26 Å². The molecule has 2 fully saturated rings. The van der Waals surface area contributed by atoms with Crippen molar-refractivity contribution in [1.29, 1.82) is 0 Å². The zero-order valence-electron chi connectivity index (χ0n) is 22.1. The number of likely N-dealkylation sites (tertiary alicyclic amines) is 1. The van der Waals surface area contributed by atoms with Crippen LogP contribution in [0.5, 0.6) is 0 Å². The second kappa shape index (κ2) is 11.7. The van der Waals surface area contributed by atoms with E-state index in [9.17, 15) is 18.0 Å². The Morgan fingerprint density at radius 2 is 1.74 bits per heavy atom. The van der Waals surface area contributed by atoms with E-state index in [-0.39, 0.29) is 40.9 Å². The van der Waals surface area contributed by atoms with Crippen molar-refractivity contribution in [2.45, 2.75) is 57.4 Å². The maximum absolute atomic E-state index is 12.9. The van der Waals surface area contributed by atoms with Gasteiger partial charge in [0.25, 0.3) is 0 Å². The van der Waals surface area contributed by atoms with Crippen LogP contribution in [0.15, 0.2) is 33.9 Å². The van der Waals surface area contributed by atoms with Crippen LogP contribution in [0.25, 0.3) is 0 Å². The van der Waals surface area contributed by atoms with Crippen molar-refractivity contribution in [3.05, 3.63) is 36.0 Å². The van der Waals surface area contributed by atoms with Crippen LogP contribution < -0.4 is 14.9 Å². The van der Waals surface area contributed by atoms with Gasteiger partial charge in [-0.3, -0.25) is 9.78 Å². The van der Waals surface area contributed by atoms with Crippen molar-refractivity contribution in [3.63, 3.8) is 0 Å². The predicted octanol–water partition coefficient (Wildman–Crippen LogP) is 1.99. The first-order valence-electron chi connectivity index (χ1n) is 12.9. The first-order valence-corrected chi connectivity index (χ1v) is 14.4. The normalized spacial score (nSPS) is 18.3. The molecule has 1 atom stereocenters. The van der Waals surface area contributed by atoms with E-state index in [1.54, 1.807) is 11.8 Å². The molecular weight excluding hydrogens is 512 g/mol. The Balaban J connectivity index is 1.31. The summed E-state index contributed by atoms with van der Waals surface area (Å²) in [4.78, 5) is 33.5. The Morgan fingerprint density at radius 3 is 2.32 bits per heavy atom. The number of carbonyl (C=O) groups is 2. The Labute approximate surface area is 223 Å². The lowest BCUT2D eigenvalue weighted by Crippen LogP contribution is -2.54. The van der Waals surface area contributed by atoms with Crippen LogP contribution in [0.1, 0.15) is 44.1 Å². The van der Waals surface area contributed by atoms with Gasteiger partial charge >= 0.3 is 12.0 Å². The summed E-state index contributed by atoms with van der Waals surface area (Å²) in [5.74, 6) is -0.669. The van der Waals surface area contributed by atoms with Crippen molar-refractivity contribution in [3.8, 4) is 0 Å². The van der Waals surface area contributed by atoms with Gasteiger partial charge in [-0.2, -0.15) is 4.72 Å². The second-order valence-electron chi connectivity index (χ2n) is 9.94. The quantitative estimate of drug-likeness (QED) is 0.473. The molecule has 2 saturated heterocycles. The fourth-order valence-electron chi connectivity index (χ4n) is 5.30. The smallest absolute Gasteiger partial charge is 0.326 e. The Kier molecular flexibility index (Phi) is 8.56. The number of carbonyl (C=O) groups excluding carboxylic acids is 2. The van der Waals surface area contributed by atoms with E-state index in [1.165, 1.54) is 19.5 Å². The maximum Gasteiger partial charge on any atom is 0.326 e. The third-order valence-corrected chi connectivity index (χ3v) is 9.24. The molecule has 0 bridgehead atoms. The Bertz CT molecular complexity index is 1200. The van der Waals surface area contributed by atoms with Crippen LogP contribution in [0.4, 0.5) is 10.5 Å². The predicted molar refractivity (Wildman–Crippen MR) is 139 cm³/mol. The summed E-state index contributed by atoms with van der Waals surface area (Å²) < 4.78 is 38.2. The fourth-order valence-corrected chi connectivity index (χ4v) is 6.81. The number of hydrogen-bond acceptors (Lipinski definition) is 9. The highest BCUT2D eigenvalue weighted by atomic mass is 32.2. The summed E-state index contributed by atoms with van der Waals surface area (Å²) >= 11 is 0. The lowest BCUT2D eigenvalue weighted by Gasteiger charge is -2.47. The topological polar surface area (TPSA) is 147 Å². The third-order valence-electron chi connectivity index (χ3n) is 7.53. The average Bonchev–Trinajstić information content (AvgIpc) is 3.26. The number of nitrogens with zero attached hydrogens (tertiary/aromatic N) is 4. The molecule has 13 heteroatoms. The lowest BCUT2D eigenvalue weighted by atomic mass is 9.71. The van der Waals surface area contributed by atoms with Gasteiger partial charge in [0.1, 0.15) is 16.6 Å². The van der Waals surface area contributed by atoms with Crippen LogP contribution >= 0.6 is 0 Å². The van der Waals surface area contributed by atoms with Crippen LogP contribution in [-0.2, 0) is 19.6 Å². The number of sulfonamides is 1. The minimum absolute atomic E-state index is 0.0725. The highest BCUT2D eigenvalue weighted by Gasteiger charge is 2.39. The van der Waals surface area contributed by atoms with Gasteiger partial charge in [-0.15, -0.1) is 0 Å². The summed E-state index contributed by atoms with van der Waals surface area (Å²) in [6.45, 7) is 7.59. The molecule has 0 aromatic carbocycles. The van der Waals surface area contributed by atoms with E-state index in [0.29, 0.717) is 13.1 Å². The molecule has 12 nitrogen and oxygen atoms in total. The third kappa shape index (κ3) is 6.26. The fraction of sp³-hybridized carbons (Fsp3) is 0.600. The van der Waals surface area contributed by atoms with Gasteiger partial charge in [-0.05, 0) is 64.0 Å². The number of piperidine rings is 2. The molecule has 2 aliphatic heterocycles. The number of aryl methyl sites for hydroxylation is 2. The molecule has 0 aliphatic carbocycles. The highest BCUT2D eigenvalue weighted by Crippen LogP contribution is 2.42. The summed E-state index contributed by atoms with van der Waals surface area (Å²) in [6.07, 6.45) is 7.57. The molecule has 2 aliphatic rings. The molecule has 1 spiro atoms. The number of urea groups is 1. The van der Waals surface area contributed by atoms with Gasteiger partial charge in [0.05, 0.1) is 6.61 Å². The minimum Gasteiger partial charge on any atom is -0.465 e. The summed E-state index contributed by atoms with van der Waals surface area (Å²) in [6, 6.07) is 2.43. The van der Waals surface area contributed by atoms with Crippen molar-refractivity contribution in [2.24, 2.45) is 5.41 Å². The zero-order chi connectivity index (χ0) is 27.3. The van der Waals surface area contributed by atoms with Gasteiger partial charge in [0, 0.05) is 50.8 Å². The standard InChI is InChI=1S/C25H36N6O6S/c1-4-36-23(32)21(29-38(34,35)22-18(2)28-37-19(22)3)17-27-24(33)31-15-9-25(10-16-31)7-13-30(14-8-25)20-5-11-26-12-6-20/h5-6,11-12,21,29H,4,7-10,13-17H2,1-3H3,(H,27,33)/t21-/m0/s1. The van der Waals surface area contributed by atoms with Gasteiger partial charge in [0.15, 0.2) is 5.76 Å². The average molecular weight is 549 g/mol. The number of ether oxygens (including phenoxy) is 1. The van der Waals surface area contributed by atoms with Gasteiger partial charge in [0.2, 0.25) is 10.0 Å². The summed E-state index contributed by atoms with van der Waals surface area (Å²) in [7, 11) is -4.14. The van der Waals surface area contributed by atoms with Gasteiger partial charge in [-0.25, -0.2) is 13.2 Å². The number of aromatic nitrogens is 2. The molecule has 0 radical (unpaired) electrons. The van der Waals surface area contributed by atoms with E-state index in [0.717, 1.165) is 38.8 Å². The van der Waals surface area contributed by atoms with Gasteiger partial charge in [-0.1, -0.05) is 5.16 Å². The molecule has 4 heterocycles. The largest absolute Gasteiger partial charge is 0.465 e. The van der Waals surface area contributed by atoms with Crippen LogP contribution in [0, 0.1) is 19.3 Å². The molecule has 0 unspecified atom stereocenters. The van der Waals surface area contributed by atoms with E-state index in [1.807, 2.05) is 24.5 Å². The van der Waals surface area contributed by atoms with Crippen LogP contribution in [0.2, 0.25) is 0 Å². The maximum atomic E-state index is 12.9. The van der Waals surface area contributed by atoms with Crippen LogP contribution in [0.3, 0.4) is 0 Å². The van der Waals surface area contributed by atoms with Crippen molar-refractivity contribution < 1.29 is 27.3 Å². The molecule has 0 saturated carbocycles. The zero-order valence-corrected chi connectivity index (χ0v) is 22.9. The Morgan fingerprint density at radius 1 is 1.11 bits per heavy atom. The number of rotatable bonds is 8. The highest BCUT2D eigenvalue weighted by molar-refractivity contribution is 7.89. The molecule has 2 aromatic heterocycles. The Hall–Kier alpha value is -3.19. The number of pyridine rings is 1. The molecule has 2 aromatic rings. The van der Waals surface area contributed by atoms with Crippen molar-refractivity contribution >= 4 is 27.7 Å². The minimum atomic E-state index is -4.14. The SMILES string of the molecule is CCOC(=O)[C@H](CNC(=O)N1CCC2(CC1)CCN(c1ccncc1)CC2)NS(=O)(=O)c1c(C)noc1C. The number of esters is 1. The first kappa shape index (κ1) is 27.8. The van der Waals surface area contributed by atoms with E-state index >= 15 is 0 Å². The van der Waals surface area contributed by atoms with Gasteiger partial charge < -0.3 is 24.4 Å². The monoisotopic (exact) mass is 548 g/mol. The molecule has 2 amide bonds. The number of hydrogen-bond donors (Lipinski definition) is 2. The first-order chi connectivity index (χ1) is 18.1. The lowest BCUT2D eigenvalue weighted by molar-refractivity contribution is -0.144. The van der Waals surface area contributed by atoms with Crippen LogP contribution in [-0.4, -0.2) is 80.8 Å². The molecule has 4 rings (SSSR count). The number of amides is 2. The number of anilines is 1. The second-order valence-corrected chi connectivity index (χ2v) is 11.6. The van der Waals surface area contributed by atoms with Crippen molar-refractivity contribution in [1.82, 2.24) is 25.1 Å². The molecule has 208 valence electrons. The number of nitrogens with one attached hydrogen (secondary N) is 2.